The van der Waals surface area contributed by atoms with Gasteiger partial charge in [0.2, 0.25) is 0 Å². The number of amidine groups is 1. The van der Waals surface area contributed by atoms with Crippen LogP contribution in [0.5, 0.6) is 5.75 Å². The van der Waals surface area contributed by atoms with E-state index in [2.05, 4.69) is 4.57 Å². The first kappa shape index (κ1) is 15.4. The highest BCUT2D eigenvalue weighted by molar-refractivity contribution is 5.79. The number of nitrogens with one attached hydrogen (secondary N) is 1. The van der Waals surface area contributed by atoms with Crippen LogP contribution in [0, 0.1) is 5.41 Å². The number of ether oxygens (including phenoxy) is 1. The van der Waals surface area contributed by atoms with Gasteiger partial charge in [-0.2, -0.15) is 0 Å². The molecule has 7 nitrogen and oxygen atoms in total. The minimum Gasteiger partial charge on any atom is -0.485 e. The van der Waals surface area contributed by atoms with Gasteiger partial charge in [-0.15, -0.1) is 0 Å². The van der Waals surface area contributed by atoms with Crippen molar-refractivity contribution in [2.45, 2.75) is 18.8 Å². The summed E-state index contributed by atoms with van der Waals surface area (Å²) in [6, 6.07) is 8.90. The van der Waals surface area contributed by atoms with Gasteiger partial charge in [0, 0.05) is 25.2 Å². The molecule has 25 heavy (non-hydrogen) atoms. The highest BCUT2D eigenvalue weighted by atomic mass is 16.5. The molecule has 0 saturated heterocycles. The van der Waals surface area contributed by atoms with Crippen molar-refractivity contribution in [1.82, 2.24) is 14.1 Å². The standard InChI is InChI=1S/C18H19N5O2/c1-22-15-8-12(4-5-14(15)21-18(22)11-2-3-11)23-7-6-13(9-17(23)24)25-10-16(19)20/h4-9,11H,2-3,10H2,1H3,(H3,19,20). The number of benzene rings is 1. The Morgan fingerprint density at radius 3 is 2.84 bits per heavy atom. The maximum absolute atomic E-state index is 12.4. The fourth-order valence-electron chi connectivity index (χ4n) is 2.98. The lowest BCUT2D eigenvalue weighted by molar-refractivity contribution is 0.373. The minimum atomic E-state index is -0.204. The predicted octanol–water partition coefficient (Wildman–Crippen LogP) is 1.92. The van der Waals surface area contributed by atoms with Gasteiger partial charge in [-0.25, -0.2) is 4.98 Å². The number of nitrogens with zero attached hydrogens (tertiary/aromatic N) is 3. The molecule has 0 atom stereocenters. The minimum absolute atomic E-state index is 0.0334. The number of pyridine rings is 1. The van der Waals surface area contributed by atoms with Crippen LogP contribution in [0.2, 0.25) is 0 Å². The van der Waals surface area contributed by atoms with Crippen molar-refractivity contribution in [2.24, 2.45) is 12.8 Å². The number of hydrogen-bond acceptors (Lipinski definition) is 4. The van der Waals surface area contributed by atoms with Crippen molar-refractivity contribution in [3.8, 4) is 11.4 Å². The van der Waals surface area contributed by atoms with Gasteiger partial charge in [0.15, 0.2) is 0 Å². The molecule has 2 aromatic heterocycles. The summed E-state index contributed by atoms with van der Waals surface area (Å²) >= 11 is 0. The number of hydrogen-bond donors (Lipinski definition) is 2. The van der Waals surface area contributed by atoms with Crippen molar-refractivity contribution in [2.75, 3.05) is 6.61 Å². The maximum atomic E-state index is 12.4. The first-order valence-electron chi connectivity index (χ1n) is 8.18. The van der Waals surface area contributed by atoms with Gasteiger partial charge >= 0.3 is 0 Å². The monoisotopic (exact) mass is 337 g/mol. The van der Waals surface area contributed by atoms with Crippen LogP contribution < -0.4 is 16.0 Å². The molecular weight excluding hydrogens is 318 g/mol. The maximum Gasteiger partial charge on any atom is 0.258 e. The smallest absolute Gasteiger partial charge is 0.258 e. The third kappa shape index (κ3) is 2.88. The normalized spacial score (nSPS) is 14.0. The number of imidazole rings is 1. The molecule has 0 amide bonds. The van der Waals surface area contributed by atoms with E-state index in [-0.39, 0.29) is 18.0 Å². The molecule has 2 heterocycles. The zero-order valence-corrected chi connectivity index (χ0v) is 13.9. The lowest BCUT2D eigenvalue weighted by atomic mass is 10.2. The van der Waals surface area contributed by atoms with Gasteiger partial charge < -0.3 is 15.0 Å². The van der Waals surface area contributed by atoms with Crippen LogP contribution in [0.1, 0.15) is 24.6 Å². The second-order valence-corrected chi connectivity index (χ2v) is 6.36. The molecule has 1 aromatic carbocycles. The summed E-state index contributed by atoms with van der Waals surface area (Å²) in [4.78, 5) is 17.1. The van der Waals surface area contributed by atoms with Crippen LogP contribution in [-0.4, -0.2) is 26.6 Å². The van der Waals surface area contributed by atoms with Gasteiger partial charge in [0.1, 0.15) is 24.0 Å². The Kier molecular flexibility index (Phi) is 3.56. The summed E-state index contributed by atoms with van der Waals surface area (Å²) < 4.78 is 8.96. The Hall–Kier alpha value is -3.09. The van der Waals surface area contributed by atoms with Gasteiger partial charge in [0.25, 0.3) is 5.56 Å². The van der Waals surface area contributed by atoms with Gasteiger partial charge in [-0.05, 0) is 37.1 Å². The number of fused-ring (bicyclic) bond motifs is 1. The summed E-state index contributed by atoms with van der Waals surface area (Å²) in [6.45, 7) is -0.0334. The summed E-state index contributed by atoms with van der Waals surface area (Å²) in [5.41, 5.74) is 7.80. The van der Waals surface area contributed by atoms with E-state index in [4.69, 9.17) is 20.9 Å². The van der Waals surface area contributed by atoms with Crippen molar-refractivity contribution in [1.29, 1.82) is 5.41 Å². The molecular formula is C18H19N5O2. The Morgan fingerprint density at radius 2 is 2.16 bits per heavy atom. The summed E-state index contributed by atoms with van der Waals surface area (Å²) in [5.74, 6) is 2.00. The second-order valence-electron chi connectivity index (χ2n) is 6.36. The second kappa shape index (κ2) is 5.77. The molecule has 3 aromatic rings. The summed E-state index contributed by atoms with van der Waals surface area (Å²) in [5, 5.41) is 7.17. The molecule has 4 rings (SSSR count). The van der Waals surface area contributed by atoms with E-state index >= 15 is 0 Å². The molecule has 128 valence electrons. The molecule has 1 aliphatic rings. The van der Waals surface area contributed by atoms with Gasteiger partial charge in [-0.1, -0.05) is 0 Å². The third-order valence-corrected chi connectivity index (χ3v) is 4.41. The van der Waals surface area contributed by atoms with E-state index in [1.807, 2.05) is 25.2 Å². The van der Waals surface area contributed by atoms with Crippen LogP contribution in [0.4, 0.5) is 0 Å². The quantitative estimate of drug-likeness (QED) is 0.549. The molecule has 0 spiro atoms. The van der Waals surface area contributed by atoms with E-state index in [0.717, 1.165) is 22.5 Å². The fraction of sp³-hybridized carbons (Fsp3) is 0.278. The third-order valence-electron chi connectivity index (χ3n) is 4.41. The van der Waals surface area contributed by atoms with Crippen LogP contribution in [0.3, 0.4) is 0 Å². The number of aromatic nitrogens is 3. The first-order chi connectivity index (χ1) is 12.0. The largest absolute Gasteiger partial charge is 0.485 e. The predicted molar refractivity (Wildman–Crippen MR) is 95.7 cm³/mol. The van der Waals surface area contributed by atoms with Crippen molar-refractivity contribution >= 4 is 16.9 Å². The van der Waals surface area contributed by atoms with E-state index in [0.29, 0.717) is 11.7 Å². The topological polar surface area (TPSA) is 98.9 Å². The average Bonchev–Trinajstić information content (AvgIpc) is 3.38. The Labute approximate surface area is 144 Å². The number of nitrogens with two attached hydrogens (primary N) is 1. The van der Waals surface area contributed by atoms with Crippen LogP contribution >= 0.6 is 0 Å². The number of rotatable bonds is 5. The molecule has 1 fully saturated rings. The summed E-state index contributed by atoms with van der Waals surface area (Å²) in [7, 11) is 2.02. The van der Waals surface area contributed by atoms with Crippen LogP contribution in [-0.2, 0) is 7.05 Å². The van der Waals surface area contributed by atoms with E-state index in [1.165, 1.54) is 18.9 Å². The van der Waals surface area contributed by atoms with E-state index in [1.54, 1.807) is 16.8 Å². The van der Waals surface area contributed by atoms with Crippen LogP contribution in [0.25, 0.3) is 16.7 Å². The lowest BCUT2D eigenvalue weighted by Crippen LogP contribution is -2.21. The molecule has 1 aliphatic carbocycles. The van der Waals surface area contributed by atoms with Gasteiger partial charge in [-0.3, -0.25) is 14.8 Å². The van der Waals surface area contributed by atoms with Crippen LogP contribution in [0.15, 0.2) is 41.3 Å². The van der Waals surface area contributed by atoms with Crippen molar-refractivity contribution in [3.05, 3.63) is 52.7 Å². The molecule has 1 saturated carbocycles. The Balaban J connectivity index is 1.70. The number of aryl methyl sites for hydroxylation is 1. The fourth-order valence-corrected chi connectivity index (χ4v) is 2.98. The SMILES string of the molecule is Cn1c(C2CC2)nc2ccc(-n3ccc(OCC(=N)N)cc3=O)cc21. The Bertz CT molecular complexity index is 1030. The van der Waals surface area contributed by atoms with Gasteiger partial charge in [0.05, 0.1) is 16.7 Å². The molecule has 3 N–H and O–H groups in total. The summed E-state index contributed by atoms with van der Waals surface area (Å²) in [6.07, 6.45) is 4.06. The molecule has 0 unspecified atom stereocenters. The molecule has 0 bridgehead atoms. The first-order valence-corrected chi connectivity index (χ1v) is 8.18. The molecule has 0 aliphatic heterocycles. The Morgan fingerprint density at radius 1 is 1.36 bits per heavy atom. The zero-order valence-electron chi connectivity index (χ0n) is 13.9. The molecule has 7 heteroatoms. The highest BCUT2D eigenvalue weighted by Crippen LogP contribution is 2.40. The highest BCUT2D eigenvalue weighted by Gasteiger charge is 2.28. The van der Waals surface area contributed by atoms with Crippen molar-refractivity contribution in [3.63, 3.8) is 0 Å². The zero-order chi connectivity index (χ0) is 17.6. The average molecular weight is 337 g/mol. The lowest BCUT2D eigenvalue weighted by Gasteiger charge is -2.09. The molecule has 0 radical (unpaired) electrons. The van der Waals surface area contributed by atoms with E-state index in [9.17, 15) is 4.79 Å². The van der Waals surface area contributed by atoms with Crippen molar-refractivity contribution < 1.29 is 4.74 Å². The van der Waals surface area contributed by atoms with E-state index < -0.39 is 0 Å².